The molecule has 0 fully saturated rings. The molecule has 0 saturated heterocycles. The lowest BCUT2D eigenvalue weighted by atomic mass is 10.2. The zero-order valence-corrected chi connectivity index (χ0v) is 12.4. The van der Waals surface area contributed by atoms with Gasteiger partial charge in [-0.2, -0.15) is 4.31 Å². The fourth-order valence-electron chi connectivity index (χ4n) is 1.64. The fraction of sp³-hybridized carbons (Fsp3) is 0.231. The number of anilines is 1. The summed E-state index contributed by atoms with van der Waals surface area (Å²) in [5.41, 5.74) is 0.959. The summed E-state index contributed by atoms with van der Waals surface area (Å²) in [4.78, 5) is 11.9. The Morgan fingerprint density at radius 2 is 1.95 bits per heavy atom. The van der Waals surface area contributed by atoms with Gasteiger partial charge in [-0.15, -0.1) is 0 Å². The first-order chi connectivity index (χ1) is 9.89. The number of nitrogens with zero attached hydrogens (tertiary/aromatic N) is 2. The van der Waals surface area contributed by atoms with Crippen LogP contribution >= 0.6 is 0 Å². The second kappa shape index (κ2) is 6.06. The highest BCUT2D eigenvalue weighted by molar-refractivity contribution is 7.89. The zero-order valence-electron chi connectivity index (χ0n) is 11.6. The molecule has 1 aromatic heterocycles. The molecule has 0 aliphatic heterocycles. The molecule has 1 aromatic carbocycles. The van der Waals surface area contributed by atoms with Crippen molar-refractivity contribution >= 4 is 21.7 Å². The summed E-state index contributed by atoms with van der Waals surface area (Å²) < 4.78 is 30.1. The lowest BCUT2D eigenvalue weighted by Crippen LogP contribution is -2.35. The second-order valence-electron chi connectivity index (χ2n) is 4.51. The van der Waals surface area contributed by atoms with Crippen LogP contribution in [0.4, 0.5) is 5.82 Å². The van der Waals surface area contributed by atoms with Crippen LogP contribution < -0.4 is 5.32 Å². The Morgan fingerprint density at radius 1 is 1.29 bits per heavy atom. The molecule has 21 heavy (non-hydrogen) atoms. The van der Waals surface area contributed by atoms with Gasteiger partial charge in [-0.25, -0.2) is 8.42 Å². The number of carbonyl (C=O) groups excluding carboxylic acids is 1. The minimum Gasteiger partial charge on any atom is -0.363 e. The molecular formula is C13H15N3O4S. The third-order valence-electron chi connectivity index (χ3n) is 2.80. The lowest BCUT2D eigenvalue weighted by molar-refractivity contribution is -0.116. The van der Waals surface area contributed by atoms with E-state index in [1.165, 1.54) is 31.5 Å². The maximum Gasteiger partial charge on any atom is 0.243 e. The summed E-state index contributed by atoms with van der Waals surface area (Å²) in [7, 11) is -2.36. The van der Waals surface area contributed by atoms with Gasteiger partial charge in [-0.3, -0.25) is 4.79 Å². The number of hydrogen-bond donors (Lipinski definition) is 1. The average molecular weight is 309 g/mol. The van der Waals surface area contributed by atoms with E-state index in [0.29, 0.717) is 0 Å². The Morgan fingerprint density at radius 3 is 2.52 bits per heavy atom. The number of nitrogens with one attached hydrogen (secondary N) is 1. The molecule has 7 nitrogen and oxygen atoms in total. The molecule has 0 aliphatic carbocycles. The first kappa shape index (κ1) is 15.2. The van der Waals surface area contributed by atoms with Gasteiger partial charge in [-0.1, -0.05) is 22.9 Å². The Bertz CT molecular complexity index is 708. The summed E-state index contributed by atoms with van der Waals surface area (Å²) in [6.45, 7) is 1.55. The third-order valence-corrected chi connectivity index (χ3v) is 4.62. The molecule has 0 radical (unpaired) electrons. The van der Waals surface area contributed by atoms with Crippen LogP contribution in [-0.4, -0.2) is 37.4 Å². The average Bonchev–Trinajstić information content (AvgIpc) is 2.91. The SMILES string of the molecule is Cc1ccc(S(=O)(=O)N(C)CC(=O)Nc2ccon2)cc1. The number of aromatic nitrogens is 1. The van der Waals surface area contributed by atoms with Crippen molar-refractivity contribution in [3.63, 3.8) is 0 Å². The topological polar surface area (TPSA) is 92.5 Å². The van der Waals surface area contributed by atoms with Crippen LogP contribution in [-0.2, 0) is 14.8 Å². The van der Waals surface area contributed by atoms with E-state index in [9.17, 15) is 13.2 Å². The van der Waals surface area contributed by atoms with Crippen molar-refractivity contribution < 1.29 is 17.7 Å². The number of rotatable bonds is 5. The van der Waals surface area contributed by atoms with Crippen molar-refractivity contribution in [2.75, 3.05) is 18.9 Å². The molecular weight excluding hydrogens is 294 g/mol. The number of aryl methyl sites for hydroxylation is 1. The second-order valence-corrected chi connectivity index (χ2v) is 6.55. The van der Waals surface area contributed by atoms with Gasteiger partial charge in [0, 0.05) is 13.1 Å². The lowest BCUT2D eigenvalue weighted by Gasteiger charge is -2.16. The maximum absolute atomic E-state index is 12.3. The molecule has 112 valence electrons. The Kier molecular flexibility index (Phi) is 4.39. The fourth-order valence-corrected chi connectivity index (χ4v) is 2.76. The number of carbonyl (C=O) groups is 1. The monoisotopic (exact) mass is 309 g/mol. The van der Waals surface area contributed by atoms with Crippen molar-refractivity contribution in [3.8, 4) is 0 Å². The van der Waals surface area contributed by atoms with Crippen molar-refractivity contribution in [1.29, 1.82) is 0 Å². The van der Waals surface area contributed by atoms with Crippen LogP contribution in [0.2, 0.25) is 0 Å². The Balaban J connectivity index is 2.06. The maximum atomic E-state index is 12.3. The standard InChI is InChI=1S/C13H15N3O4S/c1-10-3-5-11(6-4-10)21(18,19)16(2)9-13(17)14-12-7-8-20-15-12/h3-8H,9H2,1-2H3,(H,14,15,17). The summed E-state index contributed by atoms with van der Waals surface area (Å²) in [6, 6.07) is 7.89. The van der Waals surface area contributed by atoms with Gasteiger partial charge in [-0.05, 0) is 19.1 Å². The van der Waals surface area contributed by atoms with Crippen LogP contribution in [0.3, 0.4) is 0 Å². The van der Waals surface area contributed by atoms with Crippen molar-refractivity contribution in [1.82, 2.24) is 9.46 Å². The van der Waals surface area contributed by atoms with E-state index in [-0.39, 0.29) is 17.3 Å². The highest BCUT2D eigenvalue weighted by Gasteiger charge is 2.23. The van der Waals surface area contributed by atoms with Gasteiger partial charge < -0.3 is 9.84 Å². The molecule has 1 amide bonds. The van der Waals surface area contributed by atoms with E-state index in [2.05, 4.69) is 15.0 Å². The Labute approximate surface area is 122 Å². The van der Waals surface area contributed by atoms with Gasteiger partial charge in [0.1, 0.15) is 6.26 Å². The molecule has 0 saturated carbocycles. The van der Waals surface area contributed by atoms with Crippen LogP contribution in [0.5, 0.6) is 0 Å². The molecule has 0 atom stereocenters. The molecule has 0 aliphatic rings. The van der Waals surface area contributed by atoms with Crippen LogP contribution in [0.25, 0.3) is 0 Å². The van der Waals surface area contributed by atoms with E-state index < -0.39 is 15.9 Å². The predicted octanol–water partition coefficient (Wildman–Crippen LogP) is 1.24. The summed E-state index contributed by atoms with van der Waals surface area (Å²) in [5, 5.41) is 5.95. The first-order valence-corrected chi connectivity index (χ1v) is 7.57. The normalized spacial score (nSPS) is 11.6. The molecule has 8 heteroatoms. The quantitative estimate of drug-likeness (QED) is 0.897. The number of benzene rings is 1. The molecule has 1 N–H and O–H groups in total. The first-order valence-electron chi connectivity index (χ1n) is 6.13. The van der Waals surface area contributed by atoms with E-state index in [1.54, 1.807) is 12.1 Å². The van der Waals surface area contributed by atoms with Gasteiger partial charge in [0.25, 0.3) is 0 Å². The molecule has 1 heterocycles. The minimum absolute atomic E-state index is 0.143. The number of amides is 1. The van der Waals surface area contributed by atoms with Gasteiger partial charge in [0.05, 0.1) is 11.4 Å². The smallest absolute Gasteiger partial charge is 0.243 e. The summed E-state index contributed by atoms with van der Waals surface area (Å²) >= 11 is 0. The number of sulfonamides is 1. The van der Waals surface area contributed by atoms with E-state index in [0.717, 1.165) is 9.87 Å². The number of likely N-dealkylation sites (N-methyl/N-ethyl adjacent to an activating group) is 1. The van der Waals surface area contributed by atoms with Crippen LogP contribution in [0.15, 0.2) is 46.0 Å². The van der Waals surface area contributed by atoms with E-state index in [1.807, 2.05) is 6.92 Å². The summed E-state index contributed by atoms with van der Waals surface area (Å²) in [5.74, 6) is -0.261. The van der Waals surface area contributed by atoms with Crippen LogP contribution in [0, 0.1) is 6.92 Å². The highest BCUT2D eigenvalue weighted by atomic mass is 32.2. The minimum atomic E-state index is -3.70. The van der Waals surface area contributed by atoms with Crippen molar-refractivity contribution in [2.45, 2.75) is 11.8 Å². The van der Waals surface area contributed by atoms with Gasteiger partial charge in [0.15, 0.2) is 5.82 Å². The third kappa shape index (κ3) is 3.67. The van der Waals surface area contributed by atoms with Gasteiger partial charge >= 0.3 is 0 Å². The highest BCUT2D eigenvalue weighted by Crippen LogP contribution is 2.15. The van der Waals surface area contributed by atoms with Crippen molar-refractivity contribution in [3.05, 3.63) is 42.2 Å². The molecule has 2 rings (SSSR count). The molecule has 0 unspecified atom stereocenters. The summed E-state index contributed by atoms with van der Waals surface area (Å²) in [6.07, 6.45) is 1.31. The van der Waals surface area contributed by atoms with E-state index in [4.69, 9.17) is 0 Å². The van der Waals surface area contributed by atoms with Gasteiger partial charge in [0.2, 0.25) is 15.9 Å². The predicted molar refractivity (Wildman–Crippen MR) is 76.1 cm³/mol. The molecule has 2 aromatic rings. The zero-order chi connectivity index (χ0) is 15.5. The van der Waals surface area contributed by atoms with Crippen molar-refractivity contribution in [2.24, 2.45) is 0 Å². The molecule has 0 spiro atoms. The molecule has 0 bridgehead atoms. The number of hydrogen-bond acceptors (Lipinski definition) is 5. The largest absolute Gasteiger partial charge is 0.363 e. The van der Waals surface area contributed by atoms with Crippen LogP contribution in [0.1, 0.15) is 5.56 Å². The Hall–Kier alpha value is -2.19. The van der Waals surface area contributed by atoms with E-state index >= 15 is 0 Å².